The second kappa shape index (κ2) is 2.26. The molecular formula is C9H6O6. The minimum atomic E-state index is -1.23. The van der Waals surface area contributed by atoms with E-state index in [1.165, 1.54) is 0 Å². The first-order chi connectivity index (χ1) is 7.04. The van der Waals surface area contributed by atoms with E-state index in [4.69, 9.17) is 0 Å². The van der Waals surface area contributed by atoms with Crippen LogP contribution in [0.3, 0.4) is 0 Å². The highest BCUT2D eigenvalue weighted by atomic mass is 16.6. The van der Waals surface area contributed by atoms with Crippen molar-refractivity contribution in [3.05, 3.63) is 0 Å². The molecule has 2 unspecified atom stereocenters. The molecule has 1 aliphatic carbocycles. The zero-order valence-corrected chi connectivity index (χ0v) is 7.52. The smallest absolute Gasteiger partial charge is 0.331 e. The third kappa shape index (κ3) is 0.800. The number of ether oxygens (including phenoxy) is 2. The number of carbonyl (C=O) groups is 4. The lowest BCUT2D eigenvalue weighted by Gasteiger charge is -2.32. The van der Waals surface area contributed by atoms with Gasteiger partial charge in [-0.2, -0.15) is 0 Å². The maximum atomic E-state index is 11.2. The van der Waals surface area contributed by atoms with Crippen LogP contribution in [-0.2, 0) is 28.7 Å². The molecule has 0 radical (unpaired) electrons. The van der Waals surface area contributed by atoms with Crippen LogP contribution in [0.1, 0.15) is 12.8 Å². The predicted octanol–water partition coefficient (Wildman–Crippen LogP) is -0.834. The Morgan fingerprint density at radius 3 is 1.73 bits per heavy atom. The average Bonchev–Trinajstić information content (AvgIpc) is 2.69. The molecule has 1 saturated carbocycles. The molecule has 6 nitrogen and oxygen atoms in total. The van der Waals surface area contributed by atoms with Crippen molar-refractivity contribution < 1.29 is 28.7 Å². The minimum absolute atomic E-state index is 0.0555. The summed E-state index contributed by atoms with van der Waals surface area (Å²) < 4.78 is 8.69. The van der Waals surface area contributed by atoms with Crippen LogP contribution >= 0.6 is 0 Å². The fourth-order valence-electron chi connectivity index (χ4n) is 2.51. The first-order valence-electron chi connectivity index (χ1n) is 4.57. The lowest BCUT2D eigenvalue weighted by Crippen LogP contribution is -2.52. The number of esters is 4. The van der Waals surface area contributed by atoms with Crippen molar-refractivity contribution in [2.24, 2.45) is 17.3 Å². The van der Waals surface area contributed by atoms with Crippen LogP contribution < -0.4 is 0 Å². The third-order valence-electron chi connectivity index (χ3n) is 3.40. The molecule has 0 aromatic rings. The molecule has 2 heterocycles. The topological polar surface area (TPSA) is 86.7 Å². The van der Waals surface area contributed by atoms with E-state index in [1.54, 1.807) is 0 Å². The van der Waals surface area contributed by atoms with Gasteiger partial charge in [0.05, 0.1) is 11.8 Å². The summed E-state index contributed by atoms with van der Waals surface area (Å²) in [5, 5.41) is 0. The summed E-state index contributed by atoms with van der Waals surface area (Å²) >= 11 is 0. The molecule has 0 N–H and O–H groups in total. The largest absolute Gasteiger partial charge is 0.393 e. The first kappa shape index (κ1) is 8.58. The standard InChI is InChI=1S/C9H6O6/c10-5-3-1-9(7(12)15-8(9)13)2-4(3)6(11)14-5/h3-4H,1-2H2. The molecule has 0 bridgehead atoms. The fraction of sp³-hybridized carbons (Fsp3) is 0.556. The van der Waals surface area contributed by atoms with Crippen LogP contribution in [0, 0.1) is 17.3 Å². The summed E-state index contributed by atoms with van der Waals surface area (Å²) in [6, 6.07) is 0. The molecule has 15 heavy (non-hydrogen) atoms. The van der Waals surface area contributed by atoms with E-state index >= 15 is 0 Å². The van der Waals surface area contributed by atoms with E-state index in [9.17, 15) is 19.2 Å². The Hall–Kier alpha value is -1.72. The van der Waals surface area contributed by atoms with Crippen LogP contribution in [0.4, 0.5) is 0 Å². The Morgan fingerprint density at radius 2 is 1.33 bits per heavy atom. The highest BCUT2D eigenvalue weighted by molar-refractivity contribution is 6.15. The molecule has 6 heteroatoms. The van der Waals surface area contributed by atoms with E-state index in [0.717, 1.165) is 0 Å². The van der Waals surface area contributed by atoms with Crippen molar-refractivity contribution in [3.63, 3.8) is 0 Å². The maximum Gasteiger partial charge on any atom is 0.331 e. The Labute approximate surface area is 83.5 Å². The number of fused-ring (bicyclic) bond motifs is 1. The zero-order chi connectivity index (χ0) is 10.8. The van der Waals surface area contributed by atoms with Gasteiger partial charge in [0.1, 0.15) is 0 Å². The maximum absolute atomic E-state index is 11.2. The lowest BCUT2D eigenvalue weighted by atomic mass is 9.81. The molecule has 3 rings (SSSR count). The second-order valence-electron chi connectivity index (χ2n) is 4.12. The van der Waals surface area contributed by atoms with Crippen molar-refractivity contribution in [3.8, 4) is 0 Å². The molecule has 1 spiro atoms. The van der Waals surface area contributed by atoms with E-state index < -0.39 is 41.1 Å². The Balaban J connectivity index is 1.96. The highest BCUT2D eigenvalue weighted by Crippen LogP contribution is 2.54. The van der Waals surface area contributed by atoms with Crippen LogP contribution in [0.15, 0.2) is 0 Å². The Kier molecular flexibility index (Phi) is 1.29. The summed E-state index contributed by atoms with van der Waals surface area (Å²) in [6.07, 6.45) is 0.111. The van der Waals surface area contributed by atoms with Gasteiger partial charge in [0.25, 0.3) is 0 Å². The van der Waals surface area contributed by atoms with Crippen molar-refractivity contribution in [1.29, 1.82) is 0 Å². The minimum Gasteiger partial charge on any atom is -0.393 e. The van der Waals surface area contributed by atoms with E-state index in [0.29, 0.717) is 0 Å². The van der Waals surface area contributed by atoms with Gasteiger partial charge in [-0.3, -0.25) is 19.2 Å². The summed E-state index contributed by atoms with van der Waals surface area (Å²) in [7, 11) is 0. The van der Waals surface area contributed by atoms with Gasteiger partial charge in [-0.05, 0) is 12.8 Å². The average molecular weight is 210 g/mol. The molecule has 0 aromatic heterocycles. The summed E-state index contributed by atoms with van der Waals surface area (Å²) in [5.41, 5.74) is -1.23. The molecule has 0 amide bonds. The van der Waals surface area contributed by atoms with Gasteiger partial charge in [0.15, 0.2) is 5.41 Å². The fourth-order valence-corrected chi connectivity index (χ4v) is 2.51. The Bertz CT molecular complexity index is 380. The normalized spacial score (nSPS) is 36.3. The van der Waals surface area contributed by atoms with E-state index in [2.05, 4.69) is 9.47 Å². The van der Waals surface area contributed by atoms with Crippen LogP contribution in [-0.4, -0.2) is 23.9 Å². The molecule has 0 aromatic carbocycles. The van der Waals surface area contributed by atoms with Gasteiger partial charge in [0.2, 0.25) is 0 Å². The highest BCUT2D eigenvalue weighted by Gasteiger charge is 2.69. The molecular weight excluding hydrogens is 204 g/mol. The lowest BCUT2D eigenvalue weighted by molar-refractivity contribution is -0.196. The van der Waals surface area contributed by atoms with Crippen LogP contribution in [0.25, 0.3) is 0 Å². The van der Waals surface area contributed by atoms with Gasteiger partial charge >= 0.3 is 23.9 Å². The quantitative estimate of drug-likeness (QED) is 0.383. The van der Waals surface area contributed by atoms with Crippen LogP contribution in [0.2, 0.25) is 0 Å². The third-order valence-corrected chi connectivity index (χ3v) is 3.40. The summed E-state index contributed by atoms with van der Waals surface area (Å²) in [5.74, 6) is -3.79. The number of cyclic esters (lactones) is 4. The number of rotatable bonds is 0. The van der Waals surface area contributed by atoms with Gasteiger partial charge in [-0.25, -0.2) is 0 Å². The molecule has 2 aliphatic heterocycles. The summed E-state index contributed by atoms with van der Waals surface area (Å²) in [4.78, 5) is 44.8. The van der Waals surface area contributed by atoms with E-state index in [1.807, 2.05) is 0 Å². The molecule has 2 saturated heterocycles. The van der Waals surface area contributed by atoms with Crippen molar-refractivity contribution >= 4 is 23.9 Å². The monoisotopic (exact) mass is 210 g/mol. The SMILES string of the molecule is O=C1OC(=O)C2CC3(CC12)C(=O)OC3=O. The first-order valence-corrected chi connectivity index (χ1v) is 4.57. The number of carbonyl (C=O) groups excluding carboxylic acids is 4. The van der Waals surface area contributed by atoms with E-state index in [-0.39, 0.29) is 12.8 Å². The van der Waals surface area contributed by atoms with Gasteiger partial charge < -0.3 is 9.47 Å². The number of hydrogen-bond donors (Lipinski definition) is 0. The molecule has 3 aliphatic rings. The van der Waals surface area contributed by atoms with Gasteiger partial charge in [-0.1, -0.05) is 0 Å². The molecule has 2 atom stereocenters. The summed E-state index contributed by atoms with van der Waals surface area (Å²) in [6.45, 7) is 0. The second-order valence-corrected chi connectivity index (χ2v) is 4.12. The number of hydrogen-bond acceptors (Lipinski definition) is 6. The van der Waals surface area contributed by atoms with Gasteiger partial charge in [0, 0.05) is 0 Å². The predicted molar refractivity (Wildman–Crippen MR) is 40.8 cm³/mol. The molecule has 78 valence electrons. The van der Waals surface area contributed by atoms with Crippen molar-refractivity contribution in [2.45, 2.75) is 12.8 Å². The zero-order valence-electron chi connectivity index (χ0n) is 7.52. The van der Waals surface area contributed by atoms with Crippen molar-refractivity contribution in [1.82, 2.24) is 0 Å². The molecule has 3 fully saturated rings. The van der Waals surface area contributed by atoms with Crippen molar-refractivity contribution in [2.75, 3.05) is 0 Å². The van der Waals surface area contributed by atoms with Crippen LogP contribution in [0.5, 0.6) is 0 Å². The van der Waals surface area contributed by atoms with Gasteiger partial charge in [-0.15, -0.1) is 0 Å². The Morgan fingerprint density at radius 1 is 0.867 bits per heavy atom.